The van der Waals surface area contributed by atoms with E-state index in [1.54, 1.807) is 6.08 Å². The van der Waals surface area contributed by atoms with E-state index in [0.29, 0.717) is 11.7 Å². The molecule has 0 heterocycles. The Balaban J connectivity index is 1.71. The van der Waals surface area contributed by atoms with Crippen molar-refractivity contribution in [3.63, 3.8) is 0 Å². The fraction of sp³-hybridized carbons (Fsp3) is 0.211. The lowest BCUT2D eigenvalue weighted by Crippen LogP contribution is -2.29. The molecule has 126 valence electrons. The Labute approximate surface area is 153 Å². The first kappa shape index (κ1) is 18.3. The maximum absolute atomic E-state index is 5.88. The van der Waals surface area contributed by atoms with Crippen LogP contribution in [0, 0.1) is 0 Å². The zero-order chi connectivity index (χ0) is 17.2. The number of anilines is 1. The molecule has 0 saturated heterocycles. The molecule has 0 unspecified atom stereocenters. The third kappa shape index (κ3) is 6.60. The van der Waals surface area contributed by atoms with E-state index in [1.165, 1.54) is 5.56 Å². The molecule has 0 aliphatic carbocycles. The van der Waals surface area contributed by atoms with Crippen molar-refractivity contribution in [3.8, 4) is 5.75 Å². The van der Waals surface area contributed by atoms with Crippen molar-refractivity contribution in [2.45, 2.75) is 12.8 Å². The smallest absolute Gasteiger partial charge is 0.170 e. The molecule has 0 aliphatic heterocycles. The van der Waals surface area contributed by atoms with Gasteiger partial charge in [0, 0.05) is 23.3 Å². The number of aryl methyl sites for hydroxylation is 1. The van der Waals surface area contributed by atoms with Crippen LogP contribution in [0.15, 0.2) is 61.2 Å². The van der Waals surface area contributed by atoms with Crippen molar-refractivity contribution >= 4 is 34.6 Å². The third-order valence-electron chi connectivity index (χ3n) is 3.30. The summed E-state index contributed by atoms with van der Waals surface area (Å²) < 4.78 is 5.50. The second-order valence-electron chi connectivity index (χ2n) is 5.24. The number of rotatable bonds is 8. The van der Waals surface area contributed by atoms with Gasteiger partial charge in [-0.2, -0.15) is 0 Å². The fourth-order valence-corrected chi connectivity index (χ4v) is 2.49. The number of hydrogen-bond donors (Lipinski definition) is 2. The Morgan fingerprint density at radius 2 is 2.00 bits per heavy atom. The molecule has 3 nitrogen and oxygen atoms in total. The van der Waals surface area contributed by atoms with E-state index < -0.39 is 0 Å². The van der Waals surface area contributed by atoms with Crippen molar-refractivity contribution in [2.24, 2.45) is 0 Å². The van der Waals surface area contributed by atoms with Gasteiger partial charge in [-0.1, -0.05) is 42.5 Å². The van der Waals surface area contributed by atoms with E-state index in [1.807, 2.05) is 48.5 Å². The normalized spacial score (nSPS) is 10.0. The number of thiocarbonyl (C=S) groups is 1. The standard InChI is InChI=1S/C19H21ClN2OS/c1-2-13-23-18-7-3-6-17(14-18)22-19(24)21-12-4-5-15-8-10-16(20)11-9-15/h2-3,6-11,14H,1,4-5,12-13H2,(H2,21,22,24). The van der Waals surface area contributed by atoms with Crippen LogP contribution >= 0.6 is 23.8 Å². The number of hydrogen-bond acceptors (Lipinski definition) is 2. The zero-order valence-electron chi connectivity index (χ0n) is 13.4. The summed E-state index contributed by atoms with van der Waals surface area (Å²) in [7, 11) is 0. The highest BCUT2D eigenvalue weighted by Crippen LogP contribution is 2.17. The lowest BCUT2D eigenvalue weighted by Gasteiger charge is -2.12. The van der Waals surface area contributed by atoms with Crippen LogP contribution in [0.5, 0.6) is 5.75 Å². The van der Waals surface area contributed by atoms with E-state index in [0.717, 1.165) is 35.8 Å². The van der Waals surface area contributed by atoms with E-state index in [2.05, 4.69) is 17.2 Å². The van der Waals surface area contributed by atoms with Crippen LogP contribution in [-0.4, -0.2) is 18.3 Å². The molecule has 5 heteroatoms. The number of halogens is 1. The van der Waals surface area contributed by atoms with Gasteiger partial charge in [0.15, 0.2) is 5.11 Å². The minimum atomic E-state index is 0.483. The molecule has 0 fully saturated rings. The number of ether oxygens (including phenoxy) is 1. The summed E-state index contributed by atoms with van der Waals surface area (Å²) in [6.45, 7) is 4.93. The molecule has 2 N–H and O–H groups in total. The summed E-state index contributed by atoms with van der Waals surface area (Å²) in [5, 5.41) is 7.74. The monoisotopic (exact) mass is 360 g/mol. The van der Waals surface area contributed by atoms with Gasteiger partial charge in [-0.15, -0.1) is 0 Å². The largest absolute Gasteiger partial charge is 0.489 e. The average Bonchev–Trinajstić information content (AvgIpc) is 2.59. The van der Waals surface area contributed by atoms with Crippen LogP contribution in [0.3, 0.4) is 0 Å². The van der Waals surface area contributed by atoms with E-state index >= 15 is 0 Å². The van der Waals surface area contributed by atoms with Crippen LogP contribution in [0.25, 0.3) is 0 Å². The van der Waals surface area contributed by atoms with E-state index in [4.69, 9.17) is 28.6 Å². The van der Waals surface area contributed by atoms with Gasteiger partial charge in [-0.3, -0.25) is 0 Å². The van der Waals surface area contributed by atoms with Crippen LogP contribution in [0.1, 0.15) is 12.0 Å². The molecule has 2 rings (SSSR count). The average molecular weight is 361 g/mol. The minimum Gasteiger partial charge on any atom is -0.489 e. The van der Waals surface area contributed by atoms with Gasteiger partial charge in [0.25, 0.3) is 0 Å². The van der Waals surface area contributed by atoms with Gasteiger partial charge in [0.05, 0.1) is 0 Å². The van der Waals surface area contributed by atoms with Crippen LogP contribution in [0.2, 0.25) is 5.02 Å². The Morgan fingerprint density at radius 3 is 2.75 bits per heavy atom. The van der Waals surface area contributed by atoms with Gasteiger partial charge >= 0.3 is 0 Å². The van der Waals surface area contributed by atoms with Crippen LogP contribution in [0.4, 0.5) is 5.69 Å². The summed E-state index contributed by atoms with van der Waals surface area (Å²) in [5.74, 6) is 0.783. The summed E-state index contributed by atoms with van der Waals surface area (Å²) in [4.78, 5) is 0. The van der Waals surface area contributed by atoms with Gasteiger partial charge in [0.1, 0.15) is 12.4 Å². The van der Waals surface area contributed by atoms with E-state index in [-0.39, 0.29) is 0 Å². The lowest BCUT2D eigenvalue weighted by molar-refractivity contribution is 0.363. The molecule has 0 atom stereocenters. The minimum absolute atomic E-state index is 0.483. The molecule has 0 radical (unpaired) electrons. The lowest BCUT2D eigenvalue weighted by atomic mass is 10.1. The predicted molar refractivity (Wildman–Crippen MR) is 106 cm³/mol. The third-order valence-corrected chi connectivity index (χ3v) is 3.80. The van der Waals surface area contributed by atoms with Crippen LogP contribution < -0.4 is 15.4 Å². The molecule has 0 bridgehead atoms. The highest BCUT2D eigenvalue weighted by atomic mass is 35.5. The highest BCUT2D eigenvalue weighted by Gasteiger charge is 2.00. The first-order valence-corrected chi connectivity index (χ1v) is 8.59. The maximum atomic E-state index is 5.88. The molecule has 0 aliphatic rings. The Kier molecular flexibility index (Phi) is 7.59. The summed E-state index contributed by atoms with van der Waals surface area (Å²) in [6, 6.07) is 15.6. The van der Waals surface area contributed by atoms with Crippen molar-refractivity contribution < 1.29 is 4.74 Å². The predicted octanol–water partition coefficient (Wildman–Crippen LogP) is 4.82. The second kappa shape index (κ2) is 9.96. The molecule has 0 saturated carbocycles. The molecule has 24 heavy (non-hydrogen) atoms. The van der Waals surface area contributed by atoms with Gasteiger partial charge in [-0.25, -0.2) is 0 Å². The highest BCUT2D eigenvalue weighted by molar-refractivity contribution is 7.80. The maximum Gasteiger partial charge on any atom is 0.170 e. The van der Waals surface area contributed by atoms with Gasteiger partial charge < -0.3 is 15.4 Å². The first-order valence-electron chi connectivity index (χ1n) is 7.80. The Hall–Kier alpha value is -2.04. The number of benzene rings is 2. The quantitative estimate of drug-likeness (QED) is 0.401. The van der Waals surface area contributed by atoms with Crippen molar-refractivity contribution in [1.29, 1.82) is 0 Å². The molecule has 2 aromatic carbocycles. The summed E-state index contributed by atoms with van der Waals surface area (Å²) >= 11 is 11.2. The Bertz CT molecular complexity index is 673. The molecule has 0 aromatic heterocycles. The summed E-state index contributed by atoms with van der Waals surface area (Å²) in [6.07, 6.45) is 3.69. The van der Waals surface area contributed by atoms with Crippen molar-refractivity contribution in [2.75, 3.05) is 18.5 Å². The molecular weight excluding hydrogens is 340 g/mol. The molecule has 2 aromatic rings. The van der Waals surface area contributed by atoms with Crippen molar-refractivity contribution in [1.82, 2.24) is 5.32 Å². The second-order valence-corrected chi connectivity index (χ2v) is 6.08. The molecular formula is C19H21ClN2OS. The Morgan fingerprint density at radius 1 is 1.21 bits per heavy atom. The van der Waals surface area contributed by atoms with Gasteiger partial charge in [-0.05, 0) is 54.9 Å². The topological polar surface area (TPSA) is 33.3 Å². The SMILES string of the molecule is C=CCOc1cccc(NC(=S)NCCCc2ccc(Cl)cc2)c1. The fourth-order valence-electron chi connectivity index (χ4n) is 2.14. The molecule has 0 spiro atoms. The summed E-state index contributed by atoms with van der Waals surface area (Å²) in [5.41, 5.74) is 2.17. The zero-order valence-corrected chi connectivity index (χ0v) is 15.0. The molecule has 0 amide bonds. The van der Waals surface area contributed by atoms with E-state index in [9.17, 15) is 0 Å². The van der Waals surface area contributed by atoms with Gasteiger partial charge in [0.2, 0.25) is 0 Å². The number of nitrogens with one attached hydrogen (secondary N) is 2. The van der Waals surface area contributed by atoms with Crippen molar-refractivity contribution in [3.05, 3.63) is 71.8 Å². The first-order chi connectivity index (χ1) is 11.7. The van der Waals surface area contributed by atoms with Crippen LogP contribution in [-0.2, 0) is 6.42 Å².